The number of carbonyl (C=O) groups excluding carboxylic acids is 1. The number of nitrogens with zero attached hydrogens (tertiary/aromatic N) is 3. The molecule has 170 valence electrons. The smallest absolute Gasteiger partial charge is 0.416 e. The van der Waals surface area contributed by atoms with E-state index >= 15 is 0 Å². The van der Waals surface area contributed by atoms with E-state index in [-0.39, 0.29) is 11.7 Å². The fourth-order valence-electron chi connectivity index (χ4n) is 3.95. The molecule has 0 unspecified atom stereocenters. The number of fused-ring (bicyclic) bond motifs is 2. The molecule has 32 heavy (non-hydrogen) atoms. The van der Waals surface area contributed by atoms with Crippen molar-refractivity contribution in [2.75, 3.05) is 26.2 Å². The quantitative estimate of drug-likeness (QED) is 0.540. The first-order valence-corrected chi connectivity index (χ1v) is 10.7. The molecule has 0 aromatic heterocycles. The molecular formula is C24H26F3N3O2. The second-order valence-electron chi connectivity index (χ2n) is 9.10. The summed E-state index contributed by atoms with van der Waals surface area (Å²) in [5, 5.41) is 0. The Hall–Kier alpha value is -3.03. The van der Waals surface area contributed by atoms with Crippen molar-refractivity contribution in [1.29, 1.82) is 0 Å². The van der Waals surface area contributed by atoms with Crippen LogP contribution in [0.5, 0.6) is 11.5 Å². The van der Waals surface area contributed by atoms with Crippen molar-refractivity contribution >= 4 is 17.4 Å². The average Bonchev–Trinajstić information content (AvgIpc) is 3.06. The van der Waals surface area contributed by atoms with Gasteiger partial charge in [0.2, 0.25) is 5.91 Å². The monoisotopic (exact) mass is 445 g/mol. The Kier molecular flexibility index (Phi) is 5.65. The van der Waals surface area contributed by atoms with Crippen molar-refractivity contribution in [1.82, 2.24) is 9.80 Å². The van der Waals surface area contributed by atoms with Crippen LogP contribution in [0.15, 0.2) is 47.5 Å². The Morgan fingerprint density at radius 1 is 0.969 bits per heavy atom. The minimum atomic E-state index is -4.47. The standard InChI is InChI=1S/C24H26F3N3O2/c1-23(2,3)22(31)30-12-6-11-29(13-14-30)21-17-7-4-5-8-19(17)32-20-15-16(24(25,26)27)9-10-18(20)28-21/h4-5,7-10,15H,6,11-14H2,1-3H3. The molecule has 2 aliphatic rings. The summed E-state index contributed by atoms with van der Waals surface area (Å²) in [6, 6.07) is 10.6. The zero-order valence-corrected chi connectivity index (χ0v) is 18.4. The van der Waals surface area contributed by atoms with Crippen LogP contribution in [0.25, 0.3) is 0 Å². The summed E-state index contributed by atoms with van der Waals surface area (Å²) in [6.45, 7) is 8.19. The second kappa shape index (κ2) is 8.15. The van der Waals surface area contributed by atoms with Crippen molar-refractivity contribution < 1.29 is 22.7 Å². The Labute approximate surface area is 185 Å². The van der Waals surface area contributed by atoms with Crippen LogP contribution in [-0.4, -0.2) is 47.7 Å². The summed E-state index contributed by atoms with van der Waals surface area (Å²) >= 11 is 0. The maximum atomic E-state index is 13.2. The first kappa shape index (κ1) is 22.2. The van der Waals surface area contributed by atoms with Crippen LogP contribution in [-0.2, 0) is 11.0 Å². The highest BCUT2D eigenvalue weighted by molar-refractivity contribution is 6.03. The molecule has 2 aromatic carbocycles. The lowest BCUT2D eigenvalue weighted by atomic mass is 9.94. The van der Waals surface area contributed by atoms with Crippen LogP contribution in [0.4, 0.5) is 18.9 Å². The van der Waals surface area contributed by atoms with Crippen LogP contribution in [0.3, 0.4) is 0 Å². The molecule has 0 radical (unpaired) electrons. The van der Waals surface area contributed by atoms with Gasteiger partial charge >= 0.3 is 6.18 Å². The molecule has 0 N–H and O–H groups in total. The lowest BCUT2D eigenvalue weighted by molar-refractivity contribution is -0.139. The maximum Gasteiger partial charge on any atom is 0.416 e. The van der Waals surface area contributed by atoms with Crippen LogP contribution >= 0.6 is 0 Å². The molecule has 4 rings (SSSR count). The van der Waals surface area contributed by atoms with E-state index in [9.17, 15) is 18.0 Å². The number of hydrogen-bond acceptors (Lipinski definition) is 4. The molecule has 0 atom stereocenters. The molecule has 0 aliphatic carbocycles. The second-order valence-corrected chi connectivity index (χ2v) is 9.10. The van der Waals surface area contributed by atoms with Crippen LogP contribution in [0.1, 0.15) is 38.3 Å². The van der Waals surface area contributed by atoms with E-state index in [4.69, 9.17) is 9.73 Å². The fraction of sp³-hybridized carbons (Fsp3) is 0.417. The number of amides is 1. The van der Waals surface area contributed by atoms with Gasteiger partial charge in [-0.1, -0.05) is 32.9 Å². The van der Waals surface area contributed by atoms with Crippen LogP contribution in [0.2, 0.25) is 0 Å². The molecule has 2 aliphatic heterocycles. The highest BCUT2D eigenvalue weighted by atomic mass is 19.4. The number of rotatable bonds is 0. The average molecular weight is 445 g/mol. The fourth-order valence-corrected chi connectivity index (χ4v) is 3.95. The van der Waals surface area contributed by atoms with Gasteiger partial charge in [0, 0.05) is 31.6 Å². The number of carbonyl (C=O) groups is 1. The summed E-state index contributed by atoms with van der Waals surface area (Å²) in [4.78, 5) is 21.5. The first-order chi connectivity index (χ1) is 15.0. The number of para-hydroxylation sites is 1. The Morgan fingerprint density at radius 2 is 1.72 bits per heavy atom. The van der Waals surface area contributed by atoms with Gasteiger partial charge in [0.05, 0.1) is 11.1 Å². The van der Waals surface area contributed by atoms with Crippen molar-refractivity contribution in [3.05, 3.63) is 53.6 Å². The van der Waals surface area contributed by atoms with Gasteiger partial charge in [-0.3, -0.25) is 4.79 Å². The molecular weight excluding hydrogens is 419 g/mol. The molecule has 8 heteroatoms. The lowest BCUT2D eigenvalue weighted by Crippen LogP contribution is -2.42. The van der Waals surface area contributed by atoms with Crippen molar-refractivity contribution in [3.8, 4) is 11.5 Å². The topological polar surface area (TPSA) is 45.1 Å². The molecule has 2 heterocycles. The van der Waals surface area contributed by atoms with E-state index in [2.05, 4.69) is 4.90 Å². The van der Waals surface area contributed by atoms with Crippen molar-refractivity contribution in [2.24, 2.45) is 10.4 Å². The minimum Gasteiger partial charge on any atom is -0.454 e. The summed E-state index contributed by atoms with van der Waals surface area (Å²) in [7, 11) is 0. The van der Waals surface area contributed by atoms with E-state index < -0.39 is 17.2 Å². The highest BCUT2D eigenvalue weighted by Crippen LogP contribution is 2.41. The van der Waals surface area contributed by atoms with Gasteiger partial charge in [0.25, 0.3) is 0 Å². The van der Waals surface area contributed by atoms with Gasteiger partial charge in [-0.2, -0.15) is 13.2 Å². The van der Waals surface area contributed by atoms with Crippen molar-refractivity contribution in [2.45, 2.75) is 33.4 Å². The molecule has 1 amide bonds. The van der Waals surface area contributed by atoms with Crippen molar-refractivity contribution in [3.63, 3.8) is 0 Å². The Bertz CT molecular complexity index is 1060. The maximum absolute atomic E-state index is 13.2. The molecule has 0 spiro atoms. The first-order valence-electron chi connectivity index (χ1n) is 10.7. The number of halogens is 3. The number of hydrogen-bond donors (Lipinski definition) is 0. The van der Waals surface area contributed by atoms with Gasteiger partial charge in [0.1, 0.15) is 17.3 Å². The molecule has 1 fully saturated rings. The largest absolute Gasteiger partial charge is 0.454 e. The van der Waals surface area contributed by atoms with Gasteiger partial charge in [0.15, 0.2) is 5.75 Å². The van der Waals surface area contributed by atoms with Crippen LogP contribution < -0.4 is 4.74 Å². The van der Waals surface area contributed by atoms with Gasteiger partial charge in [-0.25, -0.2) is 4.99 Å². The Morgan fingerprint density at radius 3 is 2.44 bits per heavy atom. The van der Waals surface area contributed by atoms with Gasteiger partial charge in [-0.15, -0.1) is 0 Å². The number of aliphatic imine (C=N–C) groups is 1. The zero-order chi connectivity index (χ0) is 23.1. The zero-order valence-electron chi connectivity index (χ0n) is 18.4. The number of ether oxygens (including phenoxy) is 1. The SMILES string of the molecule is CC(C)(C)C(=O)N1CCCN(C2=Nc3ccc(C(F)(F)F)cc3Oc3ccccc32)CC1. The van der Waals surface area contributed by atoms with E-state index in [0.29, 0.717) is 49.0 Å². The molecule has 1 saturated heterocycles. The lowest BCUT2D eigenvalue weighted by Gasteiger charge is -2.29. The third-order valence-corrected chi connectivity index (χ3v) is 5.59. The molecule has 0 bridgehead atoms. The predicted molar refractivity (Wildman–Crippen MR) is 116 cm³/mol. The normalized spacial score (nSPS) is 16.9. The minimum absolute atomic E-state index is 0.0710. The van der Waals surface area contributed by atoms with Crippen LogP contribution in [0, 0.1) is 5.41 Å². The summed E-state index contributed by atoms with van der Waals surface area (Å²) in [5.41, 5.74) is -0.174. The van der Waals surface area contributed by atoms with E-state index in [1.165, 1.54) is 6.07 Å². The molecule has 0 saturated carbocycles. The number of alkyl halides is 3. The van der Waals surface area contributed by atoms with Gasteiger partial charge in [-0.05, 0) is 36.8 Å². The third-order valence-electron chi connectivity index (χ3n) is 5.59. The van der Waals surface area contributed by atoms with E-state index in [0.717, 1.165) is 18.6 Å². The third kappa shape index (κ3) is 4.45. The van der Waals surface area contributed by atoms with E-state index in [1.807, 2.05) is 37.8 Å². The highest BCUT2D eigenvalue weighted by Gasteiger charge is 2.33. The number of amidine groups is 1. The summed E-state index contributed by atoms with van der Waals surface area (Å²) in [5.74, 6) is 1.28. The Balaban J connectivity index is 1.70. The molecule has 5 nitrogen and oxygen atoms in total. The predicted octanol–water partition coefficient (Wildman–Crippen LogP) is 5.47. The summed E-state index contributed by atoms with van der Waals surface area (Å²) < 4.78 is 45.6. The summed E-state index contributed by atoms with van der Waals surface area (Å²) in [6.07, 6.45) is -3.70. The molecule has 2 aromatic rings. The number of benzene rings is 2. The van der Waals surface area contributed by atoms with Gasteiger partial charge < -0.3 is 14.5 Å². The van der Waals surface area contributed by atoms with E-state index in [1.54, 1.807) is 12.1 Å².